The van der Waals surface area contributed by atoms with Crippen molar-refractivity contribution in [2.45, 2.75) is 71.9 Å². The summed E-state index contributed by atoms with van der Waals surface area (Å²) in [6, 6.07) is 7.57. The molecule has 0 spiro atoms. The molecule has 0 saturated carbocycles. The summed E-state index contributed by atoms with van der Waals surface area (Å²) < 4.78 is 1.72. The Bertz CT molecular complexity index is 1250. The molecule has 1 fully saturated rings. The fourth-order valence-corrected chi connectivity index (χ4v) is 4.61. The van der Waals surface area contributed by atoms with Gasteiger partial charge in [-0.25, -0.2) is 0 Å². The molecule has 0 aliphatic carbocycles. The van der Waals surface area contributed by atoms with E-state index in [4.69, 9.17) is 15.7 Å². The zero-order valence-corrected chi connectivity index (χ0v) is 22.0. The molecule has 1 aliphatic rings. The van der Waals surface area contributed by atoms with Gasteiger partial charge in [-0.3, -0.25) is 9.69 Å². The third-order valence-corrected chi connectivity index (χ3v) is 7.06. The topological polar surface area (TPSA) is 134 Å². The van der Waals surface area contributed by atoms with Crippen molar-refractivity contribution in [3.8, 4) is 0 Å². The van der Waals surface area contributed by atoms with E-state index in [-0.39, 0.29) is 17.5 Å². The molecule has 0 bridgehead atoms. The number of hydrogen-bond donors (Lipinski definition) is 4. The van der Waals surface area contributed by atoms with Crippen molar-refractivity contribution >= 4 is 34.9 Å². The van der Waals surface area contributed by atoms with Crippen LogP contribution in [0.4, 0.5) is 23.3 Å². The van der Waals surface area contributed by atoms with Gasteiger partial charge in [0.25, 0.3) is 0 Å². The number of fused-ring (bicyclic) bond motifs is 1. The van der Waals surface area contributed by atoms with E-state index in [1.807, 2.05) is 30.5 Å². The summed E-state index contributed by atoms with van der Waals surface area (Å²) in [5.74, 6) is 0.509. The number of anilines is 4. The van der Waals surface area contributed by atoms with Gasteiger partial charge >= 0.3 is 5.97 Å². The predicted octanol–water partition coefficient (Wildman–Crippen LogP) is 4.34. The lowest BCUT2D eigenvalue weighted by molar-refractivity contribution is -0.149. The van der Waals surface area contributed by atoms with Gasteiger partial charge in [0.05, 0.1) is 11.6 Å². The van der Waals surface area contributed by atoms with E-state index in [0.29, 0.717) is 30.7 Å². The van der Waals surface area contributed by atoms with E-state index < -0.39 is 11.4 Å². The number of hydrogen-bond acceptors (Lipinski definition) is 8. The summed E-state index contributed by atoms with van der Waals surface area (Å²) in [6.45, 7) is 13.3. The van der Waals surface area contributed by atoms with E-state index in [1.54, 1.807) is 18.4 Å². The Balaban J connectivity index is 1.64. The van der Waals surface area contributed by atoms with E-state index in [9.17, 15) is 9.90 Å². The fraction of sp³-hybridized carbons (Fsp3) is 0.538. The van der Waals surface area contributed by atoms with Crippen LogP contribution in [0.3, 0.4) is 0 Å². The summed E-state index contributed by atoms with van der Waals surface area (Å²) in [5.41, 5.74) is 8.28. The van der Waals surface area contributed by atoms with Gasteiger partial charge in [-0.05, 0) is 64.7 Å². The number of aromatic nitrogens is 4. The minimum Gasteiger partial charge on any atom is -0.481 e. The second kappa shape index (κ2) is 9.57. The number of aliphatic carboxylic acids is 1. The molecule has 0 amide bonds. The predicted molar refractivity (Wildman–Crippen MR) is 143 cm³/mol. The maximum absolute atomic E-state index is 11.8. The number of nitrogens with two attached hydrogens (primary N) is 1. The third kappa shape index (κ3) is 5.38. The highest BCUT2D eigenvalue weighted by Gasteiger charge is 2.39. The molecule has 1 atom stereocenters. The number of carbonyl (C=O) groups is 1. The van der Waals surface area contributed by atoms with Gasteiger partial charge in [0.15, 0.2) is 5.65 Å². The SMILES string of the molecule is CC(C)c1cnn2c(Nc3cccc(N)c3)nc(N[C@H]3CCC(C)(C)N(CC(C)(C)C(=O)O)C3)nc12. The van der Waals surface area contributed by atoms with Gasteiger partial charge < -0.3 is 21.5 Å². The number of nitrogens with one attached hydrogen (secondary N) is 2. The summed E-state index contributed by atoms with van der Waals surface area (Å²) in [7, 11) is 0. The van der Waals surface area contributed by atoms with Crippen molar-refractivity contribution in [1.82, 2.24) is 24.5 Å². The van der Waals surface area contributed by atoms with Crippen LogP contribution in [-0.4, -0.2) is 60.2 Å². The van der Waals surface area contributed by atoms with Crippen LogP contribution in [0.25, 0.3) is 5.65 Å². The monoisotopic (exact) mass is 494 g/mol. The molecular formula is C26H38N8O2. The zero-order chi connectivity index (χ0) is 26.3. The molecule has 0 unspecified atom stereocenters. The minimum atomic E-state index is -0.840. The summed E-state index contributed by atoms with van der Waals surface area (Å²) in [5, 5.41) is 21.1. The van der Waals surface area contributed by atoms with Crippen LogP contribution in [0.2, 0.25) is 0 Å². The molecule has 3 heterocycles. The quantitative estimate of drug-likeness (QED) is 0.337. The highest BCUT2D eigenvalue weighted by molar-refractivity contribution is 5.73. The number of nitrogens with zero attached hydrogens (tertiary/aromatic N) is 5. The smallest absolute Gasteiger partial charge is 0.310 e. The number of carboxylic acids is 1. The summed E-state index contributed by atoms with van der Waals surface area (Å²) in [4.78, 5) is 23.7. The first kappa shape index (κ1) is 25.7. The Morgan fingerprint density at radius 2 is 2.06 bits per heavy atom. The molecule has 1 saturated heterocycles. The first-order valence-corrected chi connectivity index (χ1v) is 12.5. The first-order chi connectivity index (χ1) is 16.9. The Hall–Kier alpha value is -3.40. The van der Waals surface area contributed by atoms with E-state index in [0.717, 1.165) is 29.7 Å². The molecule has 1 aromatic carbocycles. The highest BCUT2D eigenvalue weighted by atomic mass is 16.4. The van der Waals surface area contributed by atoms with Gasteiger partial charge in [-0.15, -0.1) is 0 Å². The van der Waals surface area contributed by atoms with Gasteiger partial charge in [0.2, 0.25) is 11.9 Å². The van der Waals surface area contributed by atoms with Crippen molar-refractivity contribution in [1.29, 1.82) is 0 Å². The van der Waals surface area contributed by atoms with E-state index in [2.05, 4.69) is 48.3 Å². The molecular weight excluding hydrogens is 456 g/mol. The summed E-state index contributed by atoms with van der Waals surface area (Å²) >= 11 is 0. The maximum Gasteiger partial charge on any atom is 0.310 e. The number of carboxylic acid groups (broad SMARTS) is 1. The maximum atomic E-state index is 11.8. The second-order valence-corrected chi connectivity index (χ2v) is 11.4. The number of piperidine rings is 1. The van der Waals surface area contributed by atoms with Crippen LogP contribution in [0.15, 0.2) is 30.5 Å². The van der Waals surface area contributed by atoms with E-state index in [1.165, 1.54) is 0 Å². The standard InChI is InChI=1S/C26H38N8O2/c1-16(2)20-13-28-34-21(20)31-23(32-24(34)30-18-9-7-8-17(27)12-18)29-19-10-11-26(5,6)33(14-19)15-25(3,4)22(35)36/h7-9,12-13,16,19H,10-11,14-15,27H2,1-6H3,(H,35,36)(H2,29,30,31,32)/t19-/m0/s1. The Kier molecular flexibility index (Phi) is 6.83. The van der Waals surface area contributed by atoms with Crippen LogP contribution in [0.1, 0.15) is 65.9 Å². The van der Waals surface area contributed by atoms with Crippen molar-refractivity contribution in [3.05, 3.63) is 36.0 Å². The highest BCUT2D eigenvalue weighted by Crippen LogP contribution is 2.32. The number of nitrogen functional groups attached to an aromatic ring is 1. The molecule has 36 heavy (non-hydrogen) atoms. The first-order valence-electron chi connectivity index (χ1n) is 12.5. The van der Waals surface area contributed by atoms with Crippen LogP contribution >= 0.6 is 0 Å². The van der Waals surface area contributed by atoms with Crippen molar-refractivity contribution in [2.24, 2.45) is 5.41 Å². The lowest BCUT2D eigenvalue weighted by Crippen LogP contribution is -2.57. The minimum absolute atomic E-state index is 0.0794. The van der Waals surface area contributed by atoms with Gasteiger partial charge in [-0.2, -0.15) is 19.6 Å². The number of benzene rings is 1. The van der Waals surface area contributed by atoms with Crippen molar-refractivity contribution in [3.63, 3.8) is 0 Å². The number of rotatable bonds is 8. The van der Waals surface area contributed by atoms with Gasteiger partial charge in [0.1, 0.15) is 0 Å². The largest absolute Gasteiger partial charge is 0.481 e. The molecule has 0 radical (unpaired) electrons. The van der Waals surface area contributed by atoms with Crippen molar-refractivity contribution in [2.75, 3.05) is 29.5 Å². The van der Waals surface area contributed by atoms with Crippen LogP contribution < -0.4 is 16.4 Å². The Labute approximate surface area is 212 Å². The van der Waals surface area contributed by atoms with Gasteiger partial charge in [0, 0.05) is 41.6 Å². The molecule has 4 rings (SSSR count). The summed E-state index contributed by atoms with van der Waals surface area (Å²) in [6.07, 6.45) is 3.70. The second-order valence-electron chi connectivity index (χ2n) is 11.4. The number of likely N-dealkylation sites (tertiary alicyclic amines) is 1. The molecule has 3 aromatic rings. The van der Waals surface area contributed by atoms with Crippen LogP contribution in [0, 0.1) is 5.41 Å². The Morgan fingerprint density at radius 1 is 1.31 bits per heavy atom. The van der Waals surface area contributed by atoms with Crippen LogP contribution in [-0.2, 0) is 4.79 Å². The van der Waals surface area contributed by atoms with E-state index >= 15 is 0 Å². The fourth-order valence-electron chi connectivity index (χ4n) is 4.61. The van der Waals surface area contributed by atoms with Crippen molar-refractivity contribution < 1.29 is 9.90 Å². The molecule has 194 valence electrons. The molecule has 10 heteroatoms. The molecule has 1 aliphatic heterocycles. The molecule has 2 aromatic heterocycles. The lowest BCUT2D eigenvalue weighted by atomic mass is 9.84. The Morgan fingerprint density at radius 3 is 2.72 bits per heavy atom. The van der Waals surface area contributed by atoms with Gasteiger partial charge in [-0.1, -0.05) is 19.9 Å². The normalized spacial score (nSPS) is 18.5. The molecule has 10 nitrogen and oxygen atoms in total. The molecule has 5 N–H and O–H groups in total. The third-order valence-electron chi connectivity index (χ3n) is 7.06. The average Bonchev–Trinajstić information content (AvgIpc) is 3.21. The lowest BCUT2D eigenvalue weighted by Gasteiger charge is -2.47. The average molecular weight is 495 g/mol. The van der Waals surface area contributed by atoms with Crippen LogP contribution in [0.5, 0.6) is 0 Å². The zero-order valence-electron chi connectivity index (χ0n) is 22.0.